The van der Waals surface area contributed by atoms with Crippen molar-refractivity contribution in [3.8, 4) is 0 Å². The van der Waals surface area contributed by atoms with E-state index in [0.717, 1.165) is 12.0 Å². The van der Waals surface area contributed by atoms with Crippen LogP contribution in [0.5, 0.6) is 0 Å². The second-order valence-electron chi connectivity index (χ2n) is 5.40. The number of nitrogens with two attached hydrogens (primary N) is 1. The third-order valence-electron chi connectivity index (χ3n) is 3.99. The fourth-order valence-electron chi connectivity index (χ4n) is 2.71. The van der Waals surface area contributed by atoms with Crippen LogP contribution in [-0.4, -0.2) is 29.4 Å². The number of rotatable bonds is 3. The molecule has 0 bridgehead atoms. The number of carbonyl (C=O) groups is 1. The van der Waals surface area contributed by atoms with Gasteiger partial charge in [-0.25, -0.2) is 4.79 Å². The Morgan fingerprint density at radius 3 is 2.65 bits per heavy atom. The number of methoxy groups -OCH3 is 1. The molecule has 1 heterocycles. The predicted octanol–water partition coefficient (Wildman–Crippen LogP) is 0.833. The van der Waals surface area contributed by atoms with Crippen molar-refractivity contribution in [2.45, 2.75) is 25.7 Å². The van der Waals surface area contributed by atoms with Crippen LogP contribution < -0.4 is 5.73 Å². The Balaban J connectivity index is 2.49. The quantitative estimate of drug-likeness (QED) is 0.791. The minimum Gasteiger partial charge on any atom is -0.464 e. The van der Waals surface area contributed by atoms with E-state index in [0.29, 0.717) is 12.2 Å². The lowest BCUT2D eigenvalue weighted by atomic mass is 9.88. The van der Waals surface area contributed by atoms with Crippen molar-refractivity contribution < 1.29 is 9.53 Å². The van der Waals surface area contributed by atoms with Crippen LogP contribution >= 0.6 is 0 Å². The molecule has 0 aliphatic heterocycles. The van der Waals surface area contributed by atoms with Crippen LogP contribution in [0.1, 0.15) is 36.3 Å². The summed E-state index contributed by atoms with van der Waals surface area (Å²) >= 11 is 0. The average molecular weight is 237 g/mol. The maximum absolute atomic E-state index is 11.7. The van der Waals surface area contributed by atoms with Crippen molar-refractivity contribution in [2.75, 3.05) is 13.7 Å². The van der Waals surface area contributed by atoms with Gasteiger partial charge in [0.05, 0.1) is 7.11 Å². The van der Waals surface area contributed by atoms with Crippen molar-refractivity contribution in [3.63, 3.8) is 0 Å². The van der Waals surface area contributed by atoms with Crippen LogP contribution in [0, 0.1) is 5.41 Å². The van der Waals surface area contributed by atoms with Gasteiger partial charge in [0, 0.05) is 30.8 Å². The first-order valence-electron chi connectivity index (χ1n) is 5.70. The second-order valence-corrected chi connectivity index (χ2v) is 5.40. The second kappa shape index (κ2) is 3.57. The molecule has 1 aromatic rings. The molecule has 1 unspecified atom stereocenters. The number of nitrogens with zero attached hydrogens (tertiary/aromatic N) is 2. The standard InChI is InChI=1S/C12H19N3O2/c1-11(2)6-12(11,7-13)8-5-15(3)14-9(8)10(16)17-4/h5H,6-7,13H2,1-4H3. The molecule has 0 amide bonds. The number of esters is 1. The van der Waals surface area contributed by atoms with Crippen LogP contribution in [0.4, 0.5) is 0 Å². The van der Waals surface area contributed by atoms with Gasteiger partial charge in [0.25, 0.3) is 0 Å². The maximum atomic E-state index is 11.7. The molecule has 94 valence electrons. The first-order chi connectivity index (χ1) is 7.88. The van der Waals surface area contributed by atoms with Gasteiger partial charge in [0.1, 0.15) is 0 Å². The molecule has 1 fully saturated rings. The van der Waals surface area contributed by atoms with E-state index in [2.05, 4.69) is 18.9 Å². The van der Waals surface area contributed by atoms with Gasteiger partial charge in [-0.1, -0.05) is 13.8 Å². The van der Waals surface area contributed by atoms with Gasteiger partial charge in [0.2, 0.25) is 0 Å². The summed E-state index contributed by atoms with van der Waals surface area (Å²) in [5.74, 6) is -0.392. The highest BCUT2D eigenvalue weighted by atomic mass is 16.5. The normalized spacial score (nSPS) is 25.7. The number of hydrogen-bond donors (Lipinski definition) is 1. The minimum absolute atomic E-state index is 0.119. The molecular formula is C12H19N3O2. The Bertz CT molecular complexity index is 464. The number of ether oxygens (including phenoxy) is 1. The molecule has 2 N–H and O–H groups in total. The number of carbonyl (C=O) groups excluding carboxylic acids is 1. The SMILES string of the molecule is COC(=O)c1nn(C)cc1C1(CN)CC1(C)C. The topological polar surface area (TPSA) is 70.1 Å². The maximum Gasteiger partial charge on any atom is 0.358 e. The zero-order chi connectivity index (χ0) is 12.8. The van der Waals surface area contributed by atoms with Gasteiger partial charge in [-0.3, -0.25) is 4.68 Å². The lowest BCUT2D eigenvalue weighted by Gasteiger charge is -2.17. The van der Waals surface area contributed by atoms with Gasteiger partial charge in [-0.15, -0.1) is 0 Å². The van der Waals surface area contributed by atoms with Gasteiger partial charge >= 0.3 is 5.97 Å². The Morgan fingerprint density at radius 2 is 2.24 bits per heavy atom. The van der Waals surface area contributed by atoms with Crippen molar-refractivity contribution in [3.05, 3.63) is 17.5 Å². The fraction of sp³-hybridized carbons (Fsp3) is 0.667. The lowest BCUT2D eigenvalue weighted by molar-refractivity contribution is 0.0591. The molecule has 0 aromatic carbocycles. The summed E-state index contributed by atoms with van der Waals surface area (Å²) in [5, 5.41) is 4.19. The van der Waals surface area contributed by atoms with Crippen molar-refractivity contribution >= 4 is 5.97 Å². The third-order valence-corrected chi connectivity index (χ3v) is 3.99. The van der Waals surface area contributed by atoms with Gasteiger partial charge in [-0.05, 0) is 11.8 Å². The molecule has 0 saturated heterocycles. The summed E-state index contributed by atoms with van der Waals surface area (Å²) < 4.78 is 6.42. The molecule has 5 heteroatoms. The molecule has 2 rings (SSSR count). The van der Waals surface area contributed by atoms with Crippen LogP contribution in [0.25, 0.3) is 0 Å². The van der Waals surface area contributed by atoms with Crippen molar-refractivity contribution in [2.24, 2.45) is 18.2 Å². The van der Waals surface area contributed by atoms with E-state index in [1.54, 1.807) is 11.7 Å². The Hall–Kier alpha value is -1.36. The van der Waals surface area contributed by atoms with Crippen molar-refractivity contribution in [1.82, 2.24) is 9.78 Å². The van der Waals surface area contributed by atoms with Crippen LogP contribution in [0.2, 0.25) is 0 Å². The summed E-state index contributed by atoms with van der Waals surface area (Å²) in [6.45, 7) is 4.84. The van der Waals surface area contributed by atoms with E-state index >= 15 is 0 Å². The van der Waals surface area contributed by atoms with E-state index in [-0.39, 0.29) is 10.8 Å². The first-order valence-corrected chi connectivity index (χ1v) is 5.70. The summed E-state index contributed by atoms with van der Waals surface area (Å²) in [7, 11) is 3.17. The van der Waals surface area contributed by atoms with E-state index in [1.807, 2.05) is 6.20 Å². The number of aryl methyl sites for hydroxylation is 1. The smallest absolute Gasteiger partial charge is 0.358 e. The van der Waals surface area contributed by atoms with E-state index in [9.17, 15) is 4.79 Å². The predicted molar refractivity (Wildman–Crippen MR) is 63.7 cm³/mol. The largest absolute Gasteiger partial charge is 0.464 e. The molecule has 1 aliphatic carbocycles. The molecule has 1 aromatic heterocycles. The lowest BCUT2D eigenvalue weighted by Crippen LogP contribution is -2.27. The highest BCUT2D eigenvalue weighted by molar-refractivity contribution is 5.89. The highest BCUT2D eigenvalue weighted by Crippen LogP contribution is 2.64. The molecule has 17 heavy (non-hydrogen) atoms. The van der Waals surface area contributed by atoms with Gasteiger partial charge in [0.15, 0.2) is 5.69 Å². The van der Waals surface area contributed by atoms with Crippen LogP contribution in [0.3, 0.4) is 0 Å². The van der Waals surface area contributed by atoms with Crippen LogP contribution in [0.15, 0.2) is 6.20 Å². The molecule has 0 radical (unpaired) electrons. The summed E-state index contributed by atoms with van der Waals surface area (Å²) in [5.41, 5.74) is 7.20. The number of hydrogen-bond acceptors (Lipinski definition) is 4. The first kappa shape index (κ1) is 12.1. The Kier molecular flexibility index (Phi) is 2.54. The van der Waals surface area contributed by atoms with Crippen molar-refractivity contribution in [1.29, 1.82) is 0 Å². The molecular weight excluding hydrogens is 218 g/mol. The van der Waals surface area contributed by atoms with Gasteiger partial charge < -0.3 is 10.5 Å². The summed E-state index contributed by atoms with van der Waals surface area (Å²) in [6, 6.07) is 0. The van der Waals surface area contributed by atoms with E-state index in [1.165, 1.54) is 7.11 Å². The zero-order valence-corrected chi connectivity index (χ0v) is 10.8. The van der Waals surface area contributed by atoms with E-state index < -0.39 is 5.97 Å². The summed E-state index contributed by atoms with van der Waals surface area (Å²) in [4.78, 5) is 11.7. The third kappa shape index (κ3) is 1.57. The van der Waals surface area contributed by atoms with Crippen LogP contribution in [-0.2, 0) is 17.2 Å². The van der Waals surface area contributed by atoms with Gasteiger partial charge in [-0.2, -0.15) is 5.10 Å². The minimum atomic E-state index is -0.392. The molecule has 5 nitrogen and oxygen atoms in total. The molecule has 0 spiro atoms. The fourth-order valence-corrected chi connectivity index (χ4v) is 2.71. The monoisotopic (exact) mass is 237 g/mol. The van der Waals surface area contributed by atoms with E-state index in [4.69, 9.17) is 10.5 Å². The average Bonchev–Trinajstić information content (AvgIpc) is 2.65. The molecule has 1 saturated carbocycles. The zero-order valence-electron chi connectivity index (χ0n) is 10.8. The molecule has 1 aliphatic rings. The molecule has 1 atom stereocenters. The number of aromatic nitrogens is 2. The Labute approximate surface area is 101 Å². The highest BCUT2D eigenvalue weighted by Gasteiger charge is 2.62. The summed E-state index contributed by atoms with van der Waals surface area (Å²) in [6.07, 6.45) is 2.86. The Morgan fingerprint density at radius 1 is 1.65 bits per heavy atom.